The van der Waals surface area contributed by atoms with E-state index in [0.29, 0.717) is 19.4 Å². The van der Waals surface area contributed by atoms with Crippen molar-refractivity contribution in [2.45, 2.75) is 52.2 Å². The van der Waals surface area contributed by atoms with E-state index in [-0.39, 0.29) is 11.9 Å². The molecule has 2 amide bonds. The molecule has 0 aliphatic carbocycles. The first-order valence-electron chi connectivity index (χ1n) is 6.49. The summed E-state index contributed by atoms with van der Waals surface area (Å²) in [6.45, 7) is 7.86. The Balaban J connectivity index is 3.64. The highest BCUT2D eigenvalue weighted by molar-refractivity contribution is 7.98. The minimum Gasteiger partial charge on any atom is -0.444 e. The molecule has 0 radical (unpaired) electrons. The third-order valence-corrected chi connectivity index (χ3v) is 2.91. The van der Waals surface area contributed by atoms with Crippen molar-refractivity contribution in [1.82, 2.24) is 10.6 Å². The molecule has 0 aromatic rings. The van der Waals surface area contributed by atoms with E-state index in [1.54, 1.807) is 11.8 Å². The monoisotopic (exact) mass is 290 g/mol. The van der Waals surface area contributed by atoms with Gasteiger partial charge in [0.05, 0.1) is 0 Å². The molecule has 19 heavy (non-hydrogen) atoms. The molecule has 1 atom stereocenters. The van der Waals surface area contributed by atoms with Crippen molar-refractivity contribution < 1.29 is 14.3 Å². The Kier molecular flexibility index (Phi) is 8.63. The summed E-state index contributed by atoms with van der Waals surface area (Å²) in [5, 5.41) is 5.53. The first kappa shape index (κ1) is 18.1. The maximum atomic E-state index is 11.5. The molecule has 5 nitrogen and oxygen atoms in total. The van der Waals surface area contributed by atoms with Crippen LogP contribution in [-0.4, -0.2) is 42.2 Å². The maximum Gasteiger partial charge on any atom is 0.407 e. The molecule has 0 bridgehead atoms. The third-order valence-electron chi connectivity index (χ3n) is 2.07. The summed E-state index contributed by atoms with van der Waals surface area (Å²) in [6.07, 6.45) is 2.59. The number of carbonyl (C=O) groups excluding carboxylic acids is 2. The van der Waals surface area contributed by atoms with Gasteiger partial charge in [-0.15, -0.1) is 0 Å². The van der Waals surface area contributed by atoms with Crippen LogP contribution in [0.2, 0.25) is 0 Å². The average Bonchev–Trinajstić information content (AvgIpc) is 2.22. The molecule has 0 saturated carbocycles. The van der Waals surface area contributed by atoms with Gasteiger partial charge in [-0.2, -0.15) is 11.8 Å². The number of ether oxygens (including phenoxy) is 1. The van der Waals surface area contributed by atoms with Crippen LogP contribution >= 0.6 is 11.8 Å². The summed E-state index contributed by atoms with van der Waals surface area (Å²) in [7, 11) is 0. The maximum absolute atomic E-state index is 11.5. The first-order valence-corrected chi connectivity index (χ1v) is 7.89. The lowest BCUT2D eigenvalue weighted by Crippen LogP contribution is -2.35. The first-order chi connectivity index (χ1) is 8.74. The summed E-state index contributed by atoms with van der Waals surface area (Å²) in [6, 6.07) is 0.182. The van der Waals surface area contributed by atoms with Crippen LogP contribution in [0.3, 0.4) is 0 Å². The standard InChI is InChI=1S/C13H26N2O3S/c1-10(9-19-5)15-11(16)7-6-8-14-12(17)18-13(2,3)4/h10H,6-9H2,1-5H3,(H,14,17)(H,15,16). The highest BCUT2D eigenvalue weighted by Crippen LogP contribution is 2.06. The Morgan fingerprint density at radius 1 is 1.32 bits per heavy atom. The van der Waals surface area contributed by atoms with E-state index in [4.69, 9.17) is 4.74 Å². The molecule has 0 rings (SSSR count). The number of amides is 2. The summed E-state index contributed by atoms with van der Waals surface area (Å²) in [5.74, 6) is 0.926. The lowest BCUT2D eigenvalue weighted by molar-refractivity contribution is -0.121. The Morgan fingerprint density at radius 2 is 1.95 bits per heavy atom. The highest BCUT2D eigenvalue weighted by Gasteiger charge is 2.15. The number of hydrogen-bond donors (Lipinski definition) is 2. The van der Waals surface area contributed by atoms with E-state index in [0.717, 1.165) is 5.75 Å². The van der Waals surface area contributed by atoms with Gasteiger partial charge in [0.15, 0.2) is 0 Å². The van der Waals surface area contributed by atoms with E-state index in [1.165, 1.54) is 0 Å². The topological polar surface area (TPSA) is 67.4 Å². The fourth-order valence-electron chi connectivity index (χ4n) is 1.39. The average molecular weight is 290 g/mol. The Morgan fingerprint density at radius 3 is 2.47 bits per heavy atom. The van der Waals surface area contributed by atoms with Crippen molar-refractivity contribution in [3.8, 4) is 0 Å². The van der Waals surface area contributed by atoms with Crippen LogP contribution in [0.4, 0.5) is 4.79 Å². The van der Waals surface area contributed by atoms with Crippen LogP contribution < -0.4 is 10.6 Å². The lowest BCUT2D eigenvalue weighted by Gasteiger charge is -2.19. The minimum atomic E-state index is -0.491. The zero-order valence-electron chi connectivity index (χ0n) is 12.5. The van der Waals surface area contributed by atoms with Crippen molar-refractivity contribution in [3.63, 3.8) is 0 Å². The fourth-order valence-corrected chi connectivity index (χ4v) is 1.98. The summed E-state index contributed by atoms with van der Waals surface area (Å²) in [5.41, 5.74) is -0.491. The fraction of sp³-hybridized carbons (Fsp3) is 0.846. The van der Waals surface area contributed by atoms with Gasteiger partial charge in [0.2, 0.25) is 5.91 Å². The van der Waals surface area contributed by atoms with Gasteiger partial charge in [-0.1, -0.05) is 0 Å². The minimum absolute atomic E-state index is 0.0209. The number of thioether (sulfide) groups is 1. The lowest BCUT2D eigenvalue weighted by atomic mass is 10.2. The largest absolute Gasteiger partial charge is 0.444 e. The molecule has 0 aliphatic rings. The number of carbonyl (C=O) groups is 2. The SMILES string of the molecule is CSCC(C)NC(=O)CCCNC(=O)OC(C)(C)C. The summed E-state index contributed by atoms with van der Waals surface area (Å²) in [4.78, 5) is 22.9. The number of hydrogen-bond acceptors (Lipinski definition) is 4. The molecule has 2 N–H and O–H groups in total. The van der Waals surface area contributed by atoms with Gasteiger partial charge in [-0.3, -0.25) is 4.79 Å². The molecule has 0 heterocycles. The van der Waals surface area contributed by atoms with Gasteiger partial charge in [-0.25, -0.2) is 4.79 Å². The van der Waals surface area contributed by atoms with Gasteiger partial charge in [-0.05, 0) is 40.4 Å². The molecule has 112 valence electrons. The molecule has 0 saturated heterocycles. The normalized spacial score (nSPS) is 12.7. The molecular weight excluding hydrogens is 264 g/mol. The predicted octanol–water partition coefficient (Wildman–Crippen LogP) is 2.16. The van der Waals surface area contributed by atoms with Crippen LogP contribution in [0.15, 0.2) is 0 Å². The Bertz CT molecular complexity index is 290. The molecule has 0 aromatic carbocycles. The second-order valence-electron chi connectivity index (χ2n) is 5.46. The molecule has 0 spiro atoms. The van der Waals surface area contributed by atoms with Gasteiger partial charge in [0.25, 0.3) is 0 Å². The Labute approximate surface area is 120 Å². The Hall–Kier alpha value is -0.910. The van der Waals surface area contributed by atoms with E-state index >= 15 is 0 Å². The van der Waals surface area contributed by atoms with Crippen molar-refractivity contribution in [3.05, 3.63) is 0 Å². The zero-order chi connectivity index (χ0) is 14.9. The second kappa shape index (κ2) is 9.07. The third kappa shape index (κ3) is 11.9. The van der Waals surface area contributed by atoms with Crippen molar-refractivity contribution in [1.29, 1.82) is 0 Å². The van der Waals surface area contributed by atoms with E-state index in [1.807, 2.05) is 34.0 Å². The number of alkyl carbamates (subject to hydrolysis) is 1. The van der Waals surface area contributed by atoms with Crippen LogP contribution in [0.5, 0.6) is 0 Å². The molecule has 0 fully saturated rings. The molecule has 0 aliphatic heterocycles. The van der Waals surface area contributed by atoms with Crippen molar-refractivity contribution in [2.75, 3.05) is 18.6 Å². The number of rotatable bonds is 7. The zero-order valence-corrected chi connectivity index (χ0v) is 13.4. The van der Waals surface area contributed by atoms with E-state index in [9.17, 15) is 9.59 Å². The van der Waals surface area contributed by atoms with Crippen LogP contribution in [-0.2, 0) is 9.53 Å². The predicted molar refractivity (Wildman–Crippen MR) is 79.5 cm³/mol. The van der Waals surface area contributed by atoms with Gasteiger partial charge in [0, 0.05) is 24.8 Å². The quantitative estimate of drug-likeness (QED) is 0.705. The smallest absolute Gasteiger partial charge is 0.407 e. The van der Waals surface area contributed by atoms with Crippen LogP contribution in [0.25, 0.3) is 0 Å². The highest BCUT2D eigenvalue weighted by atomic mass is 32.2. The van der Waals surface area contributed by atoms with Crippen molar-refractivity contribution >= 4 is 23.8 Å². The summed E-state index contributed by atoms with van der Waals surface area (Å²) >= 11 is 1.70. The molecule has 0 aromatic heterocycles. The number of nitrogens with one attached hydrogen (secondary N) is 2. The summed E-state index contributed by atoms with van der Waals surface area (Å²) < 4.78 is 5.09. The van der Waals surface area contributed by atoms with Crippen LogP contribution in [0, 0.1) is 0 Å². The van der Waals surface area contributed by atoms with Gasteiger partial charge < -0.3 is 15.4 Å². The van der Waals surface area contributed by atoms with E-state index in [2.05, 4.69) is 10.6 Å². The second-order valence-corrected chi connectivity index (χ2v) is 6.37. The molecule has 6 heteroatoms. The van der Waals surface area contributed by atoms with Crippen molar-refractivity contribution in [2.24, 2.45) is 0 Å². The van der Waals surface area contributed by atoms with Gasteiger partial charge in [0.1, 0.15) is 5.60 Å². The van der Waals surface area contributed by atoms with Gasteiger partial charge >= 0.3 is 6.09 Å². The van der Waals surface area contributed by atoms with E-state index < -0.39 is 11.7 Å². The van der Waals surface area contributed by atoms with Crippen LogP contribution in [0.1, 0.15) is 40.5 Å². The molecule has 1 unspecified atom stereocenters. The molecular formula is C13H26N2O3S.